The van der Waals surface area contributed by atoms with E-state index < -0.39 is 5.72 Å². The normalized spacial score (nSPS) is 16.4. The summed E-state index contributed by atoms with van der Waals surface area (Å²) in [5.74, 6) is -0.184. The van der Waals surface area contributed by atoms with E-state index in [1.54, 1.807) is 0 Å². The maximum absolute atomic E-state index is 12.5. The second-order valence-corrected chi connectivity index (χ2v) is 6.01. The van der Waals surface area contributed by atoms with E-state index >= 15 is 0 Å². The van der Waals surface area contributed by atoms with Crippen LogP contribution < -0.4 is 5.32 Å². The van der Waals surface area contributed by atoms with E-state index in [-0.39, 0.29) is 5.91 Å². The molecule has 22 heavy (non-hydrogen) atoms. The van der Waals surface area contributed by atoms with E-state index in [0.29, 0.717) is 24.8 Å². The van der Waals surface area contributed by atoms with Gasteiger partial charge in [0.2, 0.25) is 0 Å². The van der Waals surface area contributed by atoms with Gasteiger partial charge in [0.1, 0.15) is 5.72 Å². The second kappa shape index (κ2) is 6.32. The highest BCUT2D eigenvalue weighted by molar-refractivity contribution is 5.96. The lowest BCUT2D eigenvalue weighted by Crippen LogP contribution is -2.46. The molecule has 0 bridgehead atoms. The standard InChI is InChI=1S/C19H21NO2/c21-18(20-19(22)12-6-7-13-19)17-11-5-4-10-16(17)14-15-8-2-1-3-9-15/h1-5,8-11,22H,6-7,12-14H2,(H,20,21). The number of nitrogens with one attached hydrogen (secondary N) is 1. The molecular formula is C19H21NO2. The van der Waals surface area contributed by atoms with E-state index in [4.69, 9.17) is 0 Å². The van der Waals surface area contributed by atoms with E-state index in [2.05, 4.69) is 17.4 Å². The minimum Gasteiger partial charge on any atom is -0.371 e. The molecule has 0 atom stereocenters. The van der Waals surface area contributed by atoms with Crippen LogP contribution in [0.25, 0.3) is 0 Å². The number of hydrogen-bond acceptors (Lipinski definition) is 2. The molecule has 3 heteroatoms. The number of benzene rings is 2. The number of carbonyl (C=O) groups excluding carboxylic acids is 1. The molecule has 0 spiro atoms. The number of amides is 1. The lowest BCUT2D eigenvalue weighted by molar-refractivity contribution is 0.0135. The maximum Gasteiger partial charge on any atom is 0.253 e. The van der Waals surface area contributed by atoms with Gasteiger partial charge < -0.3 is 10.4 Å². The Balaban J connectivity index is 1.80. The van der Waals surface area contributed by atoms with Gasteiger partial charge in [0.05, 0.1) is 0 Å². The van der Waals surface area contributed by atoms with Crippen molar-refractivity contribution in [2.45, 2.75) is 37.8 Å². The Morgan fingerprint density at radius 2 is 1.64 bits per heavy atom. The average molecular weight is 295 g/mol. The molecule has 114 valence electrons. The van der Waals surface area contributed by atoms with Crippen LogP contribution in [0.1, 0.15) is 47.2 Å². The molecule has 1 saturated carbocycles. The molecule has 2 aromatic rings. The lowest BCUT2D eigenvalue weighted by Gasteiger charge is -2.24. The van der Waals surface area contributed by atoms with Crippen LogP contribution in [0.2, 0.25) is 0 Å². The first kappa shape index (κ1) is 14.8. The molecule has 0 heterocycles. The zero-order chi connectivity index (χ0) is 15.4. The van der Waals surface area contributed by atoms with Gasteiger partial charge in [-0.3, -0.25) is 4.79 Å². The van der Waals surface area contributed by atoms with Crippen LogP contribution in [0.15, 0.2) is 54.6 Å². The summed E-state index contributed by atoms with van der Waals surface area (Å²) in [7, 11) is 0. The molecule has 0 unspecified atom stereocenters. The second-order valence-electron chi connectivity index (χ2n) is 6.01. The van der Waals surface area contributed by atoms with Crippen molar-refractivity contribution in [3.63, 3.8) is 0 Å². The van der Waals surface area contributed by atoms with Gasteiger partial charge in [-0.25, -0.2) is 0 Å². The van der Waals surface area contributed by atoms with Crippen molar-refractivity contribution in [3.8, 4) is 0 Å². The summed E-state index contributed by atoms with van der Waals surface area (Å²) in [5, 5.41) is 13.2. The molecule has 0 aliphatic heterocycles. The first-order valence-corrected chi connectivity index (χ1v) is 7.83. The number of carbonyl (C=O) groups is 1. The van der Waals surface area contributed by atoms with Crippen LogP contribution in [0.4, 0.5) is 0 Å². The van der Waals surface area contributed by atoms with Crippen molar-refractivity contribution in [1.29, 1.82) is 0 Å². The largest absolute Gasteiger partial charge is 0.371 e. The van der Waals surface area contributed by atoms with Crippen molar-refractivity contribution in [1.82, 2.24) is 5.32 Å². The molecule has 1 amide bonds. The van der Waals surface area contributed by atoms with Gasteiger partial charge in [-0.2, -0.15) is 0 Å². The maximum atomic E-state index is 12.5. The summed E-state index contributed by atoms with van der Waals surface area (Å²) in [4.78, 5) is 12.5. The van der Waals surface area contributed by atoms with E-state index in [9.17, 15) is 9.90 Å². The smallest absolute Gasteiger partial charge is 0.253 e. The van der Waals surface area contributed by atoms with E-state index in [1.165, 1.54) is 5.56 Å². The highest BCUT2D eigenvalue weighted by Crippen LogP contribution is 2.27. The molecule has 1 fully saturated rings. The van der Waals surface area contributed by atoms with Gasteiger partial charge in [-0.1, -0.05) is 48.5 Å². The zero-order valence-corrected chi connectivity index (χ0v) is 12.6. The number of aliphatic hydroxyl groups is 1. The summed E-state index contributed by atoms with van der Waals surface area (Å²) in [6.45, 7) is 0. The Hall–Kier alpha value is -2.13. The van der Waals surface area contributed by atoms with Crippen LogP contribution in [-0.2, 0) is 6.42 Å². The topological polar surface area (TPSA) is 49.3 Å². The third-order valence-corrected chi connectivity index (χ3v) is 4.28. The van der Waals surface area contributed by atoms with Gasteiger partial charge in [0.15, 0.2) is 0 Å². The Morgan fingerprint density at radius 3 is 2.36 bits per heavy atom. The highest BCUT2D eigenvalue weighted by Gasteiger charge is 2.33. The molecule has 0 aromatic heterocycles. The summed E-state index contributed by atoms with van der Waals surface area (Å²) in [6, 6.07) is 17.7. The zero-order valence-electron chi connectivity index (χ0n) is 12.6. The van der Waals surface area contributed by atoms with Gasteiger partial charge in [-0.05, 0) is 49.3 Å². The molecule has 3 nitrogen and oxygen atoms in total. The van der Waals surface area contributed by atoms with Crippen LogP contribution in [0, 0.1) is 0 Å². The Morgan fingerprint density at radius 1 is 1.00 bits per heavy atom. The first-order chi connectivity index (χ1) is 10.7. The fourth-order valence-electron chi connectivity index (χ4n) is 3.08. The quantitative estimate of drug-likeness (QED) is 0.851. The average Bonchev–Trinajstić information content (AvgIpc) is 2.95. The summed E-state index contributed by atoms with van der Waals surface area (Å²) >= 11 is 0. The molecule has 2 N–H and O–H groups in total. The van der Waals surface area contributed by atoms with Crippen LogP contribution in [0.3, 0.4) is 0 Å². The van der Waals surface area contributed by atoms with Crippen LogP contribution in [0.5, 0.6) is 0 Å². The molecule has 1 aliphatic rings. The fraction of sp³-hybridized carbons (Fsp3) is 0.316. The van der Waals surface area contributed by atoms with Crippen molar-refractivity contribution in [3.05, 3.63) is 71.3 Å². The summed E-state index contributed by atoms with van der Waals surface area (Å²) in [5.41, 5.74) is 1.76. The Labute approximate surface area is 131 Å². The predicted octanol–water partition coefficient (Wildman–Crippen LogP) is 3.27. The molecule has 0 saturated heterocycles. The molecule has 2 aromatic carbocycles. The van der Waals surface area contributed by atoms with Gasteiger partial charge in [0.25, 0.3) is 5.91 Å². The SMILES string of the molecule is O=C(NC1(O)CCCC1)c1ccccc1Cc1ccccc1. The monoisotopic (exact) mass is 295 g/mol. The van der Waals surface area contributed by atoms with Crippen molar-refractivity contribution >= 4 is 5.91 Å². The van der Waals surface area contributed by atoms with Crippen LogP contribution in [-0.4, -0.2) is 16.7 Å². The van der Waals surface area contributed by atoms with E-state index in [1.807, 2.05) is 42.5 Å². The minimum atomic E-state index is -1.03. The number of hydrogen-bond donors (Lipinski definition) is 2. The minimum absolute atomic E-state index is 0.184. The Bertz CT molecular complexity index is 645. The van der Waals surface area contributed by atoms with Gasteiger partial charge in [0, 0.05) is 5.56 Å². The number of rotatable bonds is 4. The predicted molar refractivity (Wildman–Crippen MR) is 86.6 cm³/mol. The Kier molecular flexibility index (Phi) is 4.25. The molecule has 1 aliphatic carbocycles. The molecular weight excluding hydrogens is 274 g/mol. The first-order valence-electron chi connectivity index (χ1n) is 7.83. The van der Waals surface area contributed by atoms with Crippen molar-refractivity contribution < 1.29 is 9.90 Å². The summed E-state index contributed by atoms with van der Waals surface area (Å²) in [6.07, 6.45) is 3.91. The highest BCUT2D eigenvalue weighted by atomic mass is 16.3. The van der Waals surface area contributed by atoms with Crippen molar-refractivity contribution in [2.75, 3.05) is 0 Å². The van der Waals surface area contributed by atoms with Gasteiger partial charge >= 0.3 is 0 Å². The third kappa shape index (κ3) is 3.37. The fourth-order valence-corrected chi connectivity index (χ4v) is 3.08. The third-order valence-electron chi connectivity index (χ3n) is 4.28. The van der Waals surface area contributed by atoms with E-state index in [0.717, 1.165) is 18.4 Å². The lowest BCUT2D eigenvalue weighted by atomic mass is 9.99. The van der Waals surface area contributed by atoms with Crippen molar-refractivity contribution in [2.24, 2.45) is 0 Å². The van der Waals surface area contributed by atoms with Gasteiger partial charge in [-0.15, -0.1) is 0 Å². The van der Waals surface area contributed by atoms with Crippen LogP contribution >= 0.6 is 0 Å². The molecule has 3 rings (SSSR count). The molecule has 0 radical (unpaired) electrons. The summed E-state index contributed by atoms with van der Waals surface area (Å²) < 4.78 is 0.